The number of aryl methyl sites for hydroxylation is 1. The summed E-state index contributed by atoms with van der Waals surface area (Å²) in [5.41, 5.74) is 2.36. The summed E-state index contributed by atoms with van der Waals surface area (Å²) in [5, 5.41) is 12.3. The molecule has 2 heterocycles. The van der Waals surface area contributed by atoms with Gasteiger partial charge in [0.15, 0.2) is 5.13 Å². The van der Waals surface area contributed by atoms with E-state index in [2.05, 4.69) is 4.90 Å². The summed E-state index contributed by atoms with van der Waals surface area (Å²) >= 11 is 7.65. The molecule has 1 fully saturated rings. The van der Waals surface area contributed by atoms with Gasteiger partial charge in [-0.3, -0.25) is 24.7 Å². The van der Waals surface area contributed by atoms with Gasteiger partial charge in [-0.25, -0.2) is 4.98 Å². The van der Waals surface area contributed by atoms with Crippen LogP contribution in [0.2, 0.25) is 5.02 Å². The van der Waals surface area contributed by atoms with Gasteiger partial charge in [0, 0.05) is 49.4 Å². The number of hydrogen-bond acceptors (Lipinski definition) is 7. The molecular weight excluding hydrogens is 476 g/mol. The maximum Gasteiger partial charge on any atom is 0.270 e. The van der Waals surface area contributed by atoms with Crippen molar-refractivity contribution in [3.05, 3.63) is 68.7 Å². The van der Waals surface area contributed by atoms with Crippen LogP contribution in [0.1, 0.15) is 17.5 Å². The molecule has 2 aromatic carbocycles. The fourth-order valence-corrected chi connectivity index (χ4v) is 5.29. The van der Waals surface area contributed by atoms with Gasteiger partial charge in [-0.1, -0.05) is 35.1 Å². The molecule has 3 aromatic rings. The summed E-state index contributed by atoms with van der Waals surface area (Å²) in [6, 6.07) is 9.91. The maximum atomic E-state index is 13.3. The highest BCUT2D eigenvalue weighted by Gasteiger charge is 2.20. The predicted octanol–water partition coefficient (Wildman–Crippen LogP) is 4.94. The number of anilines is 1. The Labute approximate surface area is 206 Å². The van der Waals surface area contributed by atoms with E-state index in [4.69, 9.17) is 21.3 Å². The molecule has 0 spiro atoms. The van der Waals surface area contributed by atoms with E-state index in [1.165, 1.54) is 29.5 Å². The fraction of sp³-hybridized carbons (Fsp3) is 0.333. The number of carbonyl (C=O) groups is 1. The molecule has 0 radical (unpaired) electrons. The Morgan fingerprint density at radius 1 is 1.32 bits per heavy atom. The summed E-state index contributed by atoms with van der Waals surface area (Å²) in [7, 11) is 0. The minimum Gasteiger partial charge on any atom is -0.379 e. The van der Waals surface area contributed by atoms with E-state index in [-0.39, 0.29) is 11.6 Å². The van der Waals surface area contributed by atoms with Crippen LogP contribution in [0, 0.1) is 17.0 Å². The lowest BCUT2D eigenvalue weighted by atomic mass is 10.2. The molecule has 8 nitrogen and oxygen atoms in total. The molecule has 1 aliphatic heterocycles. The van der Waals surface area contributed by atoms with Gasteiger partial charge in [-0.05, 0) is 42.7 Å². The van der Waals surface area contributed by atoms with Gasteiger partial charge in [0.05, 0.1) is 28.4 Å². The first-order valence-electron chi connectivity index (χ1n) is 11.0. The second-order valence-corrected chi connectivity index (χ2v) is 9.49. The second-order valence-electron chi connectivity index (χ2n) is 8.05. The molecule has 0 N–H and O–H groups in total. The quantitative estimate of drug-likeness (QED) is 0.247. The molecule has 0 unspecified atom stereocenters. The van der Waals surface area contributed by atoms with Gasteiger partial charge in [-0.15, -0.1) is 0 Å². The molecule has 4 rings (SSSR count). The molecule has 0 aliphatic carbocycles. The molecule has 0 atom stereocenters. The monoisotopic (exact) mass is 500 g/mol. The average Bonchev–Trinajstić information content (AvgIpc) is 3.25. The lowest BCUT2D eigenvalue weighted by Gasteiger charge is -2.27. The van der Waals surface area contributed by atoms with Crippen LogP contribution in [0.25, 0.3) is 16.3 Å². The van der Waals surface area contributed by atoms with Crippen molar-refractivity contribution in [1.82, 2.24) is 9.88 Å². The number of hydrogen-bond donors (Lipinski definition) is 0. The first-order valence-corrected chi connectivity index (χ1v) is 12.2. The number of morpholine rings is 1. The Morgan fingerprint density at radius 2 is 2.12 bits per heavy atom. The van der Waals surface area contributed by atoms with Crippen molar-refractivity contribution >= 4 is 56.0 Å². The topological polar surface area (TPSA) is 88.8 Å². The smallest absolute Gasteiger partial charge is 0.270 e. The second kappa shape index (κ2) is 11.1. The molecule has 0 saturated carbocycles. The van der Waals surface area contributed by atoms with E-state index in [1.54, 1.807) is 23.1 Å². The van der Waals surface area contributed by atoms with Crippen molar-refractivity contribution in [1.29, 1.82) is 0 Å². The number of non-ortho nitro benzene ring substituents is 1. The van der Waals surface area contributed by atoms with Crippen molar-refractivity contribution in [3.63, 3.8) is 0 Å². The number of halogens is 1. The normalized spacial score (nSPS) is 14.6. The van der Waals surface area contributed by atoms with Crippen LogP contribution >= 0.6 is 22.9 Å². The van der Waals surface area contributed by atoms with Crippen molar-refractivity contribution in [2.45, 2.75) is 13.3 Å². The summed E-state index contributed by atoms with van der Waals surface area (Å²) in [5.74, 6) is -0.226. The SMILES string of the molecule is Cc1cc(Cl)cc2sc(N(CCCN3CCOCC3)C(=O)C=Cc3cccc([N+](=O)[O-])c3)nc12. The number of nitro groups is 1. The number of fused-ring (bicyclic) bond motifs is 1. The highest BCUT2D eigenvalue weighted by atomic mass is 35.5. The van der Waals surface area contributed by atoms with E-state index >= 15 is 0 Å². The zero-order valence-electron chi connectivity index (χ0n) is 18.8. The van der Waals surface area contributed by atoms with Gasteiger partial charge < -0.3 is 4.74 Å². The molecule has 1 aliphatic rings. The Kier molecular flexibility index (Phi) is 7.89. The third-order valence-electron chi connectivity index (χ3n) is 5.60. The Balaban J connectivity index is 1.56. The van der Waals surface area contributed by atoms with Gasteiger partial charge in [-0.2, -0.15) is 0 Å². The summed E-state index contributed by atoms with van der Waals surface area (Å²) < 4.78 is 6.33. The number of nitrogens with zero attached hydrogens (tertiary/aromatic N) is 4. The molecule has 1 saturated heterocycles. The van der Waals surface area contributed by atoms with Crippen LogP contribution in [0.3, 0.4) is 0 Å². The Hall–Kier alpha value is -2.85. The molecule has 10 heteroatoms. The van der Waals surface area contributed by atoms with E-state index in [0.717, 1.165) is 55.0 Å². The number of aromatic nitrogens is 1. The number of rotatable bonds is 8. The van der Waals surface area contributed by atoms with E-state index < -0.39 is 4.92 Å². The summed E-state index contributed by atoms with van der Waals surface area (Å²) in [6.45, 7) is 6.54. The molecule has 34 heavy (non-hydrogen) atoms. The van der Waals surface area contributed by atoms with Crippen molar-refractivity contribution in [2.75, 3.05) is 44.3 Å². The van der Waals surface area contributed by atoms with Crippen molar-refractivity contribution in [2.24, 2.45) is 0 Å². The lowest BCUT2D eigenvalue weighted by molar-refractivity contribution is -0.384. The zero-order valence-corrected chi connectivity index (χ0v) is 20.3. The van der Waals surface area contributed by atoms with E-state index in [9.17, 15) is 14.9 Å². The number of carbonyl (C=O) groups excluding carboxylic acids is 1. The van der Waals surface area contributed by atoms with Crippen LogP contribution in [-0.4, -0.2) is 60.1 Å². The van der Waals surface area contributed by atoms with E-state index in [0.29, 0.717) is 22.3 Å². The van der Waals surface area contributed by atoms with Crippen LogP contribution in [0.5, 0.6) is 0 Å². The molecule has 0 bridgehead atoms. The van der Waals surface area contributed by atoms with Gasteiger partial charge in [0.2, 0.25) is 0 Å². The van der Waals surface area contributed by atoms with E-state index in [1.807, 2.05) is 19.1 Å². The maximum absolute atomic E-state index is 13.3. The molecule has 1 amide bonds. The number of ether oxygens (including phenoxy) is 1. The Bertz CT molecular complexity index is 1220. The van der Waals surface area contributed by atoms with Crippen LogP contribution in [0.15, 0.2) is 42.5 Å². The van der Waals surface area contributed by atoms with Crippen LogP contribution in [0.4, 0.5) is 10.8 Å². The molecule has 1 aromatic heterocycles. The molecular formula is C24H25ClN4O4S. The van der Waals surface area contributed by atoms with Crippen LogP contribution in [-0.2, 0) is 9.53 Å². The summed E-state index contributed by atoms with van der Waals surface area (Å²) in [6.07, 6.45) is 3.82. The van der Waals surface area contributed by atoms with Crippen molar-refractivity contribution in [3.8, 4) is 0 Å². The average molecular weight is 501 g/mol. The number of amides is 1. The molecule has 178 valence electrons. The number of benzene rings is 2. The number of thiazole rings is 1. The first-order chi connectivity index (χ1) is 16.4. The third-order valence-corrected chi connectivity index (χ3v) is 6.84. The largest absolute Gasteiger partial charge is 0.379 e. The highest BCUT2D eigenvalue weighted by molar-refractivity contribution is 7.22. The number of nitro benzene ring substituents is 1. The first kappa shape index (κ1) is 24.3. The van der Waals surface area contributed by atoms with Gasteiger partial charge >= 0.3 is 0 Å². The minimum absolute atomic E-state index is 0.0181. The fourth-order valence-electron chi connectivity index (χ4n) is 3.83. The predicted molar refractivity (Wildman–Crippen MR) is 136 cm³/mol. The minimum atomic E-state index is -0.453. The third kappa shape index (κ3) is 5.98. The van der Waals surface area contributed by atoms with Crippen LogP contribution < -0.4 is 4.90 Å². The zero-order chi connectivity index (χ0) is 24.1. The van der Waals surface area contributed by atoms with Gasteiger partial charge in [0.25, 0.3) is 11.6 Å². The highest BCUT2D eigenvalue weighted by Crippen LogP contribution is 2.33. The Morgan fingerprint density at radius 3 is 2.88 bits per heavy atom. The van der Waals surface area contributed by atoms with Crippen molar-refractivity contribution < 1.29 is 14.5 Å². The lowest BCUT2D eigenvalue weighted by Crippen LogP contribution is -2.39. The van der Waals surface area contributed by atoms with Gasteiger partial charge in [0.1, 0.15) is 0 Å². The summed E-state index contributed by atoms with van der Waals surface area (Å²) in [4.78, 5) is 32.6. The standard InChI is InChI=1S/C24H25ClN4O4S/c1-17-14-19(25)16-21-23(17)26-24(34-21)28(9-3-8-27-10-12-33-13-11-27)22(30)7-6-18-4-2-5-20(15-18)29(31)32/h2,4-7,14-16H,3,8-13H2,1H3.